The van der Waals surface area contributed by atoms with Gasteiger partial charge in [0.2, 0.25) is 0 Å². The Kier molecular flexibility index (Phi) is 45.6. The highest BCUT2D eigenvalue weighted by Gasteiger charge is 2.24. The van der Waals surface area contributed by atoms with Gasteiger partial charge < -0.3 is 4.74 Å². The van der Waals surface area contributed by atoms with Crippen LogP contribution in [0.1, 0.15) is 301 Å². The van der Waals surface area contributed by atoms with Gasteiger partial charge in [-0.25, -0.2) is 35.1 Å². The van der Waals surface area contributed by atoms with Crippen LogP contribution in [-0.2, 0) is 59.6 Å². The minimum absolute atomic E-state index is 0.0437. The minimum atomic E-state index is -0.776. The lowest BCUT2D eigenvalue weighted by atomic mass is 9.86. The normalized spacial score (nSPS) is 11.6. The van der Waals surface area contributed by atoms with Crippen LogP contribution in [0.2, 0.25) is 15.1 Å². The molecule has 0 fully saturated rings. The highest BCUT2D eigenvalue weighted by atomic mass is 35.5. The molecule has 0 aliphatic rings. The van der Waals surface area contributed by atoms with Crippen LogP contribution in [0.15, 0.2) is 249 Å². The van der Waals surface area contributed by atoms with E-state index in [9.17, 15) is 35.1 Å². The summed E-state index contributed by atoms with van der Waals surface area (Å²) in [6.45, 7) is 72.7. The summed E-state index contributed by atoms with van der Waals surface area (Å²) < 4.78 is 109. The van der Waals surface area contributed by atoms with Crippen molar-refractivity contribution in [3.8, 4) is 5.75 Å². The Hall–Kier alpha value is -8.47. The van der Waals surface area contributed by atoms with Gasteiger partial charge in [-0.15, -0.1) is 0 Å². The van der Waals surface area contributed by atoms with Crippen LogP contribution in [0.3, 0.4) is 0 Å². The first kappa shape index (κ1) is 115. The Morgan fingerprint density at radius 3 is 0.808 bits per heavy atom. The van der Waals surface area contributed by atoms with Gasteiger partial charge in [0.1, 0.15) is 40.7 Å². The molecule has 0 heterocycles. The molecule has 11 rings (SSSR count). The molecule has 0 spiro atoms. The van der Waals surface area contributed by atoms with Crippen LogP contribution in [0, 0.1) is 60.4 Å². The molecule has 11 aromatic rings. The van der Waals surface area contributed by atoms with Crippen molar-refractivity contribution in [2.24, 2.45) is 0 Å². The summed E-state index contributed by atoms with van der Waals surface area (Å²) in [5.74, 6) is -2.01. The maximum Gasteiger partial charge on any atom is 0.162 e. The van der Waals surface area contributed by atoms with Gasteiger partial charge in [-0.3, -0.25) is 0 Å². The first-order valence-electron chi connectivity index (χ1n) is 42.7. The first-order chi connectivity index (χ1) is 56.8. The fourth-order valence-corrected chi connectivity index (χ4v) is 12.2. The van der Waals surface area contributed by atoms with Gasteiger partial charge in [0.15, 0.2) is 11.6 Å². The van der Waals surface area contributed by atoms with Gasteiger partial charge in [-0.2, -0.15) is 0 Å². The second-order valence-electron chi connectivity index (χ2n) is 42.6. The molecule has 0 saturated carbocycles. The van der Waals surface area contributed by atoms with E-state index in [4.69, 9.17) is 39.5 Å². The lowest BCUT2D eigenvalue weighted by molar-refractivity contribution is 0.414. The van der Waals surface area contributed by atoms with Crippen LogP contribution >= 0.6 is 34.8 Å². The number of methoxy groups -OCH3 is 1. The maximum atomic E-state index is 13.2. The van der Waals surface area contributed by atoms with Crippen molar-refractivity contribution in [2.75, 3.05) is 7.11 Å². The van der Waals surface area contributed by atoms with E-state index in [0.29, 0.717) is 32.2 Å². The molecule has 0 bridgehead atoms. The summed E-state index contributed by atoms with van der Waals surface area (Å²) in [4.78, 5) is 0. The number of hydrogen-bond acceptors (Lipinski definition) is 1. The molecule has 0 saturated heterocycles. The molecule has 684 valence electrons. The van der Waals surface area contributed by atoms with Crippen LogP contribution in [0.5, 0.6) is 5.75 Å². The Morgan fingerprint density at radius 2 is 0.496 bits per heavy atom. The third kappa shape index (κ3) is 45.2. The van der Waals surface area contributed by atoms with E-state index in [0.717, 1.165) is 45.7 Å². The molecule has 0 unspecified atom stereocenters. The topological polar surface area (TPSA) is 9.23 Å². The molecule has 0 aromatic heterocycles. The standard InChI is InChI=1S/C11H16O.2C11H16.2C10H12ClF.C10H13Cl.2C10H12F2.2C10H13F.C10H14/c1-11(2,3)9-5-7-10(12-4)8-6-9;2*1-9-5-7-10(8-6-9)11(2,3)4;1-10(2,3)8-6-7(12)4-5-9(8)11;1-10(2,3)8-6-7(11)4-5-9(8)12;1-10(2,3)8-5-4-6-9(11)7-8;1-10(2,3)8-6-7(11)4-5-9(8)12;1-10(2,3)7-5-4-6-8(11)9(7)12;1-10(2,3)8-5-4-6-9(11)7-8;1-10(2,3)8-6-4-5-7-9(8)11;1-10(2,3)9-7-5-4-6-8-9/h5-8H,1-4H3;2*5-8H,1-4H3;2*4-6H,1-3H3;4-7H,1-3H3;2*4-6H,1-3H3;2*4-7H,1-3H3;4-8H,1-3H3. The Bertz CT molecular complexity index is 4670. The van der Waals surface area contributed by atoms with E-state index in [2.05, 4.69) is 236 Å². The van der Waals surface area contributed by atoms with E-state index in [-0.39, 0.29) is 89.1 Å². The molecular weight excluding hydrogens is 1630 g/mol. The van der Waals surface area contributed by atoms with E-state index >= 15 is 0 Å². The van der Waals surface area contributed by atoms with Crippen molar-refractivity contribution in [3.05, 3.63) is 383 Å². The predicted molar refractivity (Wildman–Crippen MR) is 527 cm³/mol. The number of halogens is 11. The molecule has 0 N–H and O–H groups in total. The Morgan fingerprint density at radius 1 is 0.208 bits per heavy atom. The lowest BCUT2D eigenvalue weighted by Crippen LogP contribution is -2.14. The zero-order valence-electron chi connectivity index (χ0n) is 82.2. The highest BCUT2D eigenvalue weighted by Crippen LogP contribution is 2.34. The third-order valence-corrected chi connectivity index (χ3v) is 20.3. The molecule has 11 aromatic carbocycles. The zero-order chi connectivity index (χ0) is 96.6. The van der Waals surface area contributed by atoms with Crippen LogP contribution in [0.4, 0.5) is 35.1 Å². The zero-order valence-corrected chi connectivity index (χ0v) is 84.5. The average Bonchev–Trinajstić information content (AvgIpc) is 0.830. The predicted octanol–water partition coefficient (Wildman–Crippen LogP) is 36.5. The van der Waals surface area contributed by atoms with Gasteiger partial charge in [-0.05, 0) is 238 Å². The lowest BCUT2D eigenvalue weighted by Gasteiger charge is -2.20. The number of hydrogen-bond donors (Lipinski definition) is 0. The third-order valence-electron chi connectivity index (χ3n) is 19.5. The molecule has 0 aliphatic carbocycles. The van der Waals surface area contributed by atoms with E-state index in [1.807, 2.05) is 152 Å². The number of rotatable bonds is 1. The average molecular weight is 1780 g/mol. The number of benzene rings is 11. The first-order valence-corrected chi connectivity index (χ1v) is 43.9. The van der Waals surface area contributed by atoms with Crippen molar-refractivity contribution in [3.63, 3.8) is 0 Å². The summed E-state index contributed by atoms with van der Waals surface area (Å²) in [7, 11) is 1.69. The van der Waals surface area contributed by atoms with Crippen LogP contribution in [-0.4, -0.2) is 7.11 Å². The molecule has 12 heteroatoms. The summed E-state index contributed by atoms with van der Waals surface area (Å²) in [5.41, 5.74) is 13.9. The number of aryl methyl sites for hydroxylation is 2. The smallest absolute Gasteiger partial charge is 0.162 e. The Balaban J connectivity index is 0.000000688. The SMILES string of the molecule is CC(C)(C)c1cc(Cl)ccc1F.CC(C)(C)c1cc(F)ccc1Cl.CC(C)(C)c1cc(F)ccc1F.CC(C)(C)c1cccc(Cl)c1.CC(C)(C)c1cccc(F)c1.CC(C)(C)c1cccc(F)c1F.CC(C)(C)c1ccccc1.CC(C)(C)c1ccccc1F.COc1ccc(C(C)(C)C)cc1.Cc1ccc(C(C)(C)C)cc1.Cc1ccc(C(C)(C)C)cc1. The highest BCUT2D eigenvalue weighted by molar-refractivity contribution is 6.31. The van der Waals surface area contributed by atoms with Crippen molar-refractivity contribution >= 4 is 34.8 Å². The quantitative estimate of drug-likeness (QED) is 0.149. The van der Waals surface area contributed by atoms with Crippen molar-refractivity contribution in [1.82, 2.24) is 0 Å². The van der Waals surface area contributed by atoms with Crippen molar-refractivity contribution < 1.29 is 39.9 Å². The monoisotopic (exact) mass is 1780 g/mol. The van der Waals surface area contributed by atoms with Crippen molar-refractivity contribution in [2.45, 2.75) is 302 Å². The number of ether oxygens (including phenoxy) is 1. The molecule has 0 radical (unpaired) electrons. The molecular formula is C113H149Cl3F8O. The van der Waals surface area contributed by atoms with E-state index in [1.165, 1.54) is 81.4 Å². The molecule has 0 atom stereocenters. The second kappa shape index (κ2) is 49.8. The van der Waals surface area contributed by atoms with Gasteiger partial charge in [0, 0.05) is 15.1 Å². The molecule has 1 nitrogen and oxygen atoms in total. The van der Waals surface area contributed by atoms with E-state index < -0.39 is 11.6 Å². The maximum absolute atomic E-state index is 13.2. The summed E-state index contributed by atoms with van der Waals surface area (Å²) in [6.07, 6.45) is 0. The summed E-state index contributed by atoms with van der Waals surface area (Å²) >= 11 is 17.5. The van der Waals surface area contributed by atoms with Gasteiger partial charge in [-0.1, -0.05) is 420 Å². The summed E-state index contributed by atoms with van der Waals surface area (Å²) in [6, 6.07) is 74.8. The fraction of sp³-hybridized carbons (Fsp3) is 0.416. The van der Waals surface area contributed by atoms with Gasteiger partial charge >= 0.3 is 0 Å². The van der Waals surface area contributed by atoms with E-state index in [1.54, 1.807) is 49.6 Å². The molecule has 0 amide bonds. The van der Waals surface area contributed by atoms with Crippen LogP contribution < -0.4 is 4.74 Å². The van der Waals surface area contributed by atoms with Crippen LogP contribution in [0.25, 0.3) is 0 Å². The van der Waals surface area contributed by atoms with Gasteiger partial charge in [0.05, 0.1) is 7.11 Å². The fourth-order valence-electron chi connectivity index (χ4n) is 11.4. The largest absolute Gasteiger partial charge is 0.497 e. The van der Waals surface area contributed by atoms with Crippen molar-refractivity contribution in [1.29, 1.82) is 0 Å². The summed E-state index contributed by atoms with van der Waals surface area (Å²) in [5, 5.41) is 2.03. The molecule has 0 aliphatic heterocycles. The molecule has 125 heavy (non-hydrogen) atoms. The Labute approximate surface area is 767 Å². The second-order valence-corrected chi connectivity index (χ2v) is 43.8. The van der Waals surface area contributed by atoms with Gasteiger partial charge in [0.25, 0.3) is 0 Å². The minimum Gasteiger partial charge on any atom is -0.497 e.